The van der Waals surface area contributed by atoms with Crippen molar-refractivity contribution in [2.45, 2.75) is 6.92 Å². The molecule has 6 nitrogen and oxygen atoms in total. The molecule has 0 bridgehead atoms. The summed E-state index contributed by atoms with van der Waals surface area (Å²) >= 11 is 0. The van der Waals surface area contributed by atoms with Crippen molar-refractivity contribution < 1.29 is 9.59 Å². The molecule has 124 valence electrons. The van der Waals surface area contributed by atoms with E-state index in [-0.39, 0.29) is 11.8 Å². The average molecular weight is 332 g/mol. The molecule has 0 fully saturated rings. The zero-order valence-electron chi connectivity index (χ0n) is 13.6. The zero-order valence-corrected chi connectivity index (χ0v) is 13.6. The first-order valence-electron chi connectivity index (χ1n) is 7.68. The fourth-order valence-corrected chi connectivity index (χ4v) is 2.17. The van der Waals surface area contributed by atoms with E-state index in [4.69, 9.17) is 0 Å². The second kappa shape index (κ2) is 7.35. The molecule has 1 aromatic carbocycles. The molecule has 0 aliphatic heterocycles. The van der Waals surface area contributed by atoms with Gasteiger partial charge in [-0.15, -0.1) is 0 Å². The normalized spacial score (nSPS) is 10.1. The van der Waals surface area contributed by atoms with E-state index >= 15 is 0 Å². The van der Waals surface area contributed by atoms with Crippen LogP contribution in [0.2, 0.25) is 0 Å². The van der Waals surface area contributed by atoms with Gasteiger partial charge in [-0.2, -0.15) is 0 Å². The first-order valence-corrected chi connectivity index (χ1v) is 7.68. The standard InChI is InChI=1S/C19H16N4O2/c1-13-8-9-15(12-21-13)19(25)22-16-6-4-5-14(11-16)18(24)23-17-7-2-3-10-20-17/h2-12H,1H3,(H,22,25)(H,20,23,24). The van der Waals surface area contributed by atoms with Gasteiger partial charge in [0.25, 0.3) is 11.8 Å². The summed E-state index contributed by atoms with van der Waals surface area (Å²) in [5.74, 6) is -0.116. The predicted octanol–water partition coefficient (Wildman–Crippen LogP) is 3.29. The number of rotatable bonds is 4. The molecule has 0 saturated heterocycles. The van der Waals surface area contributed by atoms with Crippen molar-refractivity contribution in [2.24, 2.45) is 0 Å². The molecule has 2 N–H and O–H groups in total. The SMILES string of the molecule is Cc1ccc(C(=O)Nc2cccc(C(=O)Nc3ccccn3)c2)cn1. The Labute approximate surface area is 145 Å². The van der Waals surface area contributed by atoms with E-state index in [0.29, 0.717) is 22.6 Å². The molecule has 2 aromatic heterocycles. The Morgan fingerprint density at radius 3 is 2.40 bits per heavy atom. The number of aromatic nitrogens is 2. The van der Waals surface area contributed by atoms with Gasteiger partial charge >= 0.3 is 0 Å². The fraction of sp³-hybridized carbons (Fsp3) is 0.0526. The number of carbonyl (C=O) groups excluding carboxylic acids is 2. The molecule has 0 unspecified atom stereocenters. The summed E-state index contributed by atoms with van der Waals surface area (Å²) < 4.78 is 0. The van der Waals surface area contributed by atoms with Crippen molar-refractivity contribution >= 4 is 23.3 Å². The van der Waals surface area contributed by atoms with Crippen molar-refractivity contribution in [1.82, 2.24) is 9.97 Å². The third-order valence-electron chi connectivity index (χ3n) is 3.46. The van der Waals surface area contributed by atoms with Gasteiger partial charge in [-0.3, -0.25) is 14.6 Å². The van der Waals surface area contributed by atoms with Crippen LogP contribution >= 0.6 is 0 Å². The van der Waals surface area contributed by atoms with Crippen molar-refractivity contribution in [2.75, 3.05) is 10.6 Å². The molecule has 25 heavy (non-hydrogen) atoms. The Hall–Kier alpha value is -3.54. The third kappa shape index (κ3) is 4.26. The summed E-state index contributed by atoms with van der Waals surface area (Å²) in [7, 11) is 0. The van der Waals surface area contributed by atoms with Crippen LogP contribution < -0.4 is 10.6 Å². The van der Waals surface area contributed by atoms with Crippen LogP contribution in [-0.2, 0) is 0 Å². The maximum Gasteiger partial charge on any atom is 0.257 e. The van der Waals surface area contributed by atoms with Crippen LogP contribution in [0.3, 0.4) is 0 Å². The number of hydrogen-bond acceptors (Lipinski definition) is 4. The molecule has 3 aromatic rings. The van der Waals surface area contributed by atoms with Gasteiger partial charge in [0.05, 0.1) is 5.56 Å². The number of anilines is 2. The number of hydrogen-bond donors (Lipinski definition) is 2. The second-order valence-corrected chi connectivity index (χ2v) is 5.39. The van der Waals surface area contributed by atoms with E-state index in [2.05, 4.69) is 20.6 Å². The highest BCUT2D eigenvalue weighted by molar-refractivity contribution is 6.07. The minimum Gasteiger partial charge on any atom is -0.322 e. The number of benzene rings is 1. The number of aryl methyl sites for hydroxylation is 1. The molecule has 0 aliphatic carbocycles. The fourth-order valence-electron chi connectivity index (χ4n) is 2.17. The summed E-state index contributed by atoms with van der Waals surface area (Å²) in [6.45, 7) is 1.85. The molecule has 0 saturated carbocycles. The van der Waals surface area contributed by atoms with Crippen LogP contribution in [0, 0.1) is 6.92 Å². The van der Waals surface area contributed by atoms with Crippen LogP contribution in [0.15, 0.2) is 67.0 Å². The number of nitrogens with one attached hydrogen (secondary N) is 2. The number of amides is 2. The molecule has 2 heterocycles. The van der Waals surface area contributed by atoms with E-state index in [1.54, 1.807) is 60.8 Å². The van der Waals surface area contributed by atoms with Crippen molar-refractivity contribution in [3.8, 4) is 0 Å². The Balaban J connectivity index is 1.71. The van der Waals surface area contributed by atoms with Crippen LogP contribution in [0.1, 0.15) is 26.4 Å². The summed E-state index contributed by atoms with van der Waals surface area (Å²) in [5.41, 5.74) is 2.24. The molecular weight excluding hydrogens is 316 g/mol. The van der Waals surface area contributed by atoms with E-state index in [0.717, 1.165) is 5.69 Å². The molecule has 0 spiro atoms. The maximum absolute atomic E-state index is 12.3. The molecular formula is C19H16N4O2. The maximum atomic E-state index is 12.3. The van der Waals surface area contributed by atoms with Gasteiger partial charge in [0.1, 0.15) is 5.82 Å². The van der Waals surface area contributed by atoms with Gasteiger partial charge in [0, 0.05) is 29.3 Å². The smallest absolute Gasteiger partial charge is 0.257 e. The van der Waals surface area contributed by atoms with Gasteiger partial charge in [-0.25, -0.2) is 4.98 Å². The summed E-state index contributed by atoms with van der Waals surface area (Å²) in [4.78, 5) is 32.7. The largest absolute Gasteiger partial charge is 0.322 e. The highest BCUT2D eigenvalue weighted by Crippen LogP contribution is 2.14. The van der Waals surface area contributed by atoms with Crippen LogP contribution in [-0.4, -0.2) is 21.8 Å². The summed E-state index contributed by atoms with van der Waals surface area (Å²) in [6.07, 6.45) is 3.12. The summed E-state index contributed by atoms with van der Waals surface area (Å²) in [6, 6.07) is 15.4. The third-order valence-corrected chi connectivity index (χ3v) is 3.46. The van der Waals surface area contributed by atoms with E-state index in [9.17, 15) is 9.59 Å². The highest BCUT2D eigenvalue weighted by atomic mass is 16.2. The quantitative estimate of drug-likeness (QED) is 0.768. The van der Waals surface area contributed by atoms with Crippen molar-refractivity contribution in [3.63, 3.8) is 0 Å². The van der Waals surface area contributed by atoms with Crippen molar-refractivity contribution in [1.29, 1.82) is 0 Å². The lowest BCUT2D eigenvalue weighted by Gasteiger charge is -2.08. The van der Waals surface area contributed by atoms with Gasteiger partial charge in [0.2, 0.25) is 0 Å². The topological polar surface area (TPSA) is 84.0 Å². The monoisotopic (exact) mass is 332 g/mol. The zero-order chi connectivity index (χ0) is 17.6. The van der Waals surface area contributed by atoms with Crippen LogP contribution in [0.4, 0.5) is 11.5 Å². The van der Waals surface area contributed by atoms with Gasteiger partial charge in [-0.05, 0) is 49.4 Å². The number of nitrogens with zero attached hydrogens (tertiary/aromatic N) is 2. The van der Waals surface area contributed by atoms with Gasteiger partial charge < -0.3 is 10.6 Å². The Kier molecular flexibility index (Phi) is 4.80. The van der Waals surface area contributed by atoms with Gasteiger partial charge in [0.15, 0.2) is 0 Å². The van der Waals surface area contributed by atoms with E-state index < -0.39 is 0 Å². The average Bonchev–Trinajstić information content (AvgIpc) is 2.63. The Morgan fingerprint density at radius 1 is 0.840 bits per heavy atom. The molecule has 0 radical (unpaired) electrons. The van der Waals surface area contributed by atoms with E-state index in [1.807, 2.05) is 6.92 Å². The van der Waals surface area contributed by atoms with E-state index in [1.165, 1.54) is 6.20 Å². The number of carbonyl (C=O) groups is 2. The first kappa shape index (κ1) is 16.3. The minimum absolute atomic E-state index is 0.283. The summed E-state index contributed by atoms with van der Waals surface area (Å²) in [5, 5.41) is 5.47. The number of pyridine rings is 2. The van der Waals surface area contributed by atoms with Crippen LogP contribution in [0.25, 0.3) is 0 Å². The highest BCUT2D eigenvalue weighted by Gasteiger charge is 2.10. The molecule has 0 atom stereocenters. The molecule has 0 aliphatic rings. The molecule has 3 rings (SSSR count). The lowest BCUT2D eigenvalue weighted by Crippen LogP contribution is -2.15. The Bertz CT molecular complexity index is 893. The predicted molar refractivity (Wildman–Crippen MR) is 95.6 cm³/mol. The molecule has 2 amide bonds. The van der Waals surface area contributed by atoms with Crippen molar-refractivity contribution in [3.05, 3.63) is 83.8 Å². The lowest BCUT2D eigenvalue weighted by molar-refractivity contribution is 0.101. The second-order valence-electron chi connectivity index (χ2n) is 5.39. The van der Waals surface area contributed by atoms with Gasteiger partial charge in [-0.1, -0.05) is 12.1 Å². The first-order chi connectivity index (χ1) is 12.1. The Morgan fingerprint density at radius 2 is 1.68 bits per heavy atom. The minimum atomic E-state index is -0.299. The molecule has 6 heteroatoms. The lowest BCUT2D eigenvalue weighted by atomic mass is 10.1. The van der Waals surface area contributed by atoms with Crippen LogP contribution in [0.5, 0.6) is 0 Å².